The second kappa shape index (κ2) is 10.4. The van der Waals surface area contributed by atoms with E-state index in [4.69, 9.17) is 0 Å². The predicted octanol–water partition coefficient (Wildman–Crippen LogP) is 3.03. The van der Waals surface area contributed by atoms with Crippen molar-refractivity contribution < 1.29 is 22.8 Å². The number of nitrogens with one attached hydrogen (secondary N) is 2. The summed E-state index contributed by atoms with van der Waals surface area (Å²) in [6.45, 7) is 8.30. The number of rotatable bonds is 12. The van der Waals surface area contributed by atoms with E-state index in [-0.39, 0.29) is 23.7 Å². The normalized spacial score (nSPS) is 28.5. The van der Waals surface area contributed by atoms with Crippen LogP contribution in [0.2, 0.25) is 0 Å². The first-order valence-corrected chi connectivity index (χ1v) is 14.3. The standard InChI is InChI=1S/C25H41N3O5S/c1-5-7-8-9-11-19-17-25(19,23(31)27-34(32,33)24(4)13-14-24)26-22(30)20-12-10-15-28(20)21(29)16-18(3)6-2/h9,11,18-20H,5-8,10,12-17H2,1-4H3,(H,26,30)(H,27,31)/b11-9-. The van der Waals surface area contributed by atoms with Gasteiger partial charge in [-0.05, 0) is 51.4 Å². The van der Waals surface area contributed by atoms with Gasteiger partial charge in [0.2, 0.25) is 21.8 Å². The molecule has 0 spiro atoms. The molecular weight excluding hydrogens is 454 g/mol. The van der Waals surface area contributed by atoms with Gasteiger partial charge in [0.25, 0.3) is 5.91 Å². The van der Waals surface area contributed by atoms with E-state index in [2.05, 4.69) is 17.0 Å². The van der Waals surface area contributed by atoms with Gasteiger partial charge < -0.3 is 10.2 Å². The third-order valence-electron chi connectivity index (χ3n) is 7.78. The first kappa shape index (κ1) is 26.7. The SMILES string of the molecule is CCCC/C=C\C1CC1(NC(=O)C1CCCN1C(=O)CC(C)CC)C(=O)NS(=O)(=O)C1(C)CC1. The number of carbonyl (C=O) groups excluding carboxylic acids is 3. The van der Waals surface area contributed by atoms with Crippen LogP contribution in [0.4, 0.5) is 0 Å². The molecule has 4 atom stereocenters. The zero-order valence-corrected chi connectivity index (χ0v) is 21.9. The zero-order valence-electron chi connectivity index (χ0n) is 21.1. The maximum absolute atomic E-state index is 13.3. The average Bonchev–Trinajstić information content (AvgIpc) is 3.64. The lowest BCUT2D eigenvalue weighted by molar-refractivity contribution is -0.140. The Kier molecular flexibility index (Phi) is 8.15. The van der Waals surface area contributed by atoms with Crippen molar-refractivity contribution in [2.24, 2.45) is 11.8 Å². The highest BCUT2D eigenvalue weighted by Gasteiger charge is 2.62. The quantitative estimate of drug-likeness (QED) is 0.319. The van der Waals surface area contributed by atoms with Gasteiger partial charge in [-0.15, -0.1) is 0 Å². The van der Waals surface area contributed by atoms with E-state index < -0.39 is 32.3 Å². The summed E-state index contributed by atoms with van der Waals surface area (Å²) in [4.78, 5) is 41.0. The molecule has 0 bridgehead atoms. The molecule has 8 nitrogen and oxygen atoms in total. The third-order valence-corrected chi connectivity index (χ3v) is 9.94. The summed E-state index contributed by atoms with van der Waals surface area (Å²) in [5, 5.41) is 2.89. The van der Waals surface area contributed by atoms with Crippen molar-refractivity contribution in [1.82, 2.24) is 14.9 Å². The molecule has 3 aliphatic rings. The molecule has 2 saturated carbocycles. The van der Waals surface area contributed by atoms with Crippen LogP contribution in [0.15, 0.2) is 12.2 Å². The van der Waals surface area contributed by atoms with Gasteiger partial charge in [-0.25, -0.2) is 8.42 Å². The number of nitrogens with zero attached hydrogens (tertiary/aromatic N) is 1. The largest absolute Gasteiger partial charge is 0.339 e. The molecule has 0 radical (unpaired) electrons. The fraction of sp³-hybridized carbons (Fsp3) is 0.800. The molecule has 3 fully saturated rings. The van der Waals surface area contributed by atoms with Crippen molar-refractivity contribution in [3.8, 4) is 0 Å². The molecule has 4 unspecified atom stereocenters. The van der Waals surface area contributed by atoms with Gasteiger partial charge in [-0.2, -0.15) is 0 Å². The Morgan fingerprint density at radius 1 is 1.21 bits per heavy atom. The first-order chi connectivity index (χ1) is 16.0. The topological polar surface area (TPSA) is 113 Å². The number of unbranched alkanes of at least 4 members (excludes halogenated alkanes) is 2. The second-order valence-corrected chi connectivity index (χ2v) is 12.9. The molecule has 0 aromatic rings. The van der Waals surface area contributed by atoms with E-state index in [1.165, 1.54) is 0 Å². The van der Waals surface area contributed by atoms with Crippen LogP contribution in [0.5, 0.6) is 0 Å². The minimum Gasteiger partial charge on any atom is -0.339 e. The summed E-state index contributed by atoms with van der Waals surface area (Å²) in [5.41, 5.74) is -1.29. The number of likely N-dealkylation sites (tertiary alicyclic amines) is 1. The lowest BCUT2D eigenvalue weighted by Crippen LogP contribution is -2.57. The van der Waals surface area contributed by atoms with Crippen LogP contribution in [0, 0.1) is 11.8 Å². The van der Waals surface area contributed by atoms with Crippen LogP contribution in [0.25, 0.3) is 0 Å². The first-order valence-electron chi connectivity index (χ1n) is 12.8. The van der Waals surface area contributed by atoms with Gasteiger partial charge in [-0.1, -0.05) is 52.2 Å². The number of hydrogen-bond acceptors (Lipinski definition) is 5. The van der Waals surface area contributed by atoms with Crippen molar-refractivity contribution >= 4 is 27.7 Å². The second-order valence-electron chi connectivity index (χ2n) is 10.7. The van der Waals surface area contributed by atoms with Crippen molar-refractivity contribution in [2.75, 3.05) is 6.54 Å². The van der Waals surface area contributed by atoms with Gasteiger partial charge in [0.15, 0.2) is 0 Å². The maximum atomic E-state index is 13.3. The summed E-state index contributed by atoms with van der Waals surface area (Å²) >= 11 is 0. The molecule has 9 heteroatoms. The van der Waals surface area contributed by atoms with E-state index in [9.17, 15) is 22.8 Å². The smallest absolute Gasteiger partial charge is 0.259 e. The van der Waals surface area contributed by atoms with Gasteiger partial charge in [0, 0.05) is 18.9 Å². The summed E-state index contributed by atoms with van der Waals surface area (Å²) < 4.78 is 26.8. The monoisotopic (exact) mass is 495 g/mol. The van der Waals surface area contributed by atoms with Gasteiger partial charge in [-0.3, -0.25) is 19.1 Å². The van der Waals surface area contributed by atoms with Crippen molar-refractivity contribution in [3.63, 3.8) is 0 Å². The summed E-state index contributed by atoms with van der Waals surface area (Å²) in [5.74, 6) is -1.11. The maximum Gasteiger partial charge on any atom is 0.259 e. The molecule has 1 heterocycles. The van der Waals surface area contributed by atoms with Crippen LogP contribution >= 0.6 is 0 Å². The Bertz CT molecular complexity index is 927. The van der Waals surface area contributed by atoms with Crippen LogP contribution < -0.4 is 10.0 Å². The number of sulfonamides is 1. The summed E-state index contributed by atoms with van der Waals surface area (Å²) in [6, 6.07) is -0.621. The number of hydrogen-bond donors (Lipinski definition) is 2. The van der Waals surface area contributed by atoms with Crippen molar-refractivity contribution in [1.29, 1.82) is 0 Å². The van der Waals surface area contributed by atoms with Gasteiger partial charge in [0.1, 0.15) is 11.6 Å². The summed E-state index contributed by atoms with van der Waals surface area (Å²) in [6.07, 6.45) is 10.8. The Balaban J connectivity index is 1.74. The summed E-state index contributed by atoms with van der Waals surface area (Å²) in [7, 11) is -3.82. The Labute approximate surface area is 204 Å². The third kappa shape index (κ3) is 5.66. The average molecular weight is 496 g/mol. The predicted molar refractivity (Wildman–Crippen MR) is 131 cm³/mol. The molecule has 1 saturated heterocycles. The fourth-order valence-electron chi connectivity index (χ4n) is 4.55. The zero-order chi connectivity index (χ0) is 25.1. The Hall–Kier alpha value is -1.90. The van der Waals surface area contributed by atoms with Crippen LogP contribution in [-0.4, -0.2) is 53.9 Å². The van der Waals surface area contributed by atoms with Gasteiger partial charge in [0.05, 0.1) is 4.75 Å². The molecular formula is C25H41N3O5S. The van der Waals surface area contributed by atoms with Crippen LogP contribution in [-0.2, 0) is 24.4 Å². The van der Waals surface area contributed by atoms with E-state index in [0.29, 0.717) is 38.6 Å². The van der Waals surface area contributed by atoms with Crippen molar-refractivity contribution in [2.45, 2.75) is 108 Å². The van der Waals surface area contributed by atoms with E-state index in [0.717, 1.165) is 32.1 Å². The van der Waals surface area contributed by atoms with E-state index in [1.807, 2.05) is 26.0 Å². The lowest BCUT2D eigenvalue weighted by atomic mass is 10.0. The molecule has 34 heavy (non-hydrogen) atoms. The highest BCUT2D eigenvalue weighted by atomic mass is 32.2. The van der Waals surface area contributed by atoms with Crippen molar-refractivity contribution in [3.05, 3.63) is 12.2 Å². The fourth-order valence-corrected chi connectivity index (χ4v) is 5.86. The van der Waals surface area contributed by atoms with Gasteiger partial charge >= 0.3 is 0 Å². The Morgan fingerprint density at radius 2 is 1.91 bits per heavy atom. The van der Waals surface area contributed by atoms with Crippen LogP contribution in [0.1, 0.15) is 91.9 Å². The van der Waals surface area contributed by atoms with E-state index >= 15 is 0 Å². The number of carbonyl (C=O) groups is 3. The number of amides is 3. The molecule has 3 rings (SSSR count). The minimum atomic E-state index is -3.82. The molecule has 2 N–H and O–H groups in total. The lowest BCUT2D eigenvalue weighted by Gasteiger charge is -2.27. The highest BCUT2D eigenvalue weighted by molar-refractivity contribution is 7.91. The molecule has 1 aliphatic heterocycles. The highest BCUT2D eigenvalue weighted by Crippen LogP contribution is 2.47. The molecule has 0 aromatic carbocycles. The Morgan fingerprint density at radius 3 is 2.53 bits per heavy atom. The van der Waals surface area contributed by atoms with E-state index in [1.54, 1.807) is 11.8 Å². The van der Waals surface area contributed by atoms with Crippen LogP contribution in [0.3, 0.4) is 0 Å². The molecule has 2 aliphatic carbocycles. The molecule has 192 valence electrons. The number of allylic oxidation sites excluding steroid dienone is 1. The molecule has 3 amide bonds. The minimum absolute atomic E-state index is 0.0402. The molecule has 0 aromatic heterocycles.